The fraction of sp³-hybridized carbons (Fsp3) is 0.133. The molecule has 0 heterocycles. The molecule has 0 radical (unpaired) electrons. The van der Waals surface area contributed by atoms with E-state index in [1.807, 2.05) is 6.92 Å². The fourth-order valence-electron chi connectivity index (χ4n) is 2.04. The van der Waals surface area contributed by atoms with E-state index in [4.69, 9.17) is 0 Å². The lowest BCUT2D eigenvalue weighted by molar-refractivity contribution is 0.103. The van der Waals surface area contributed by atoms with Gasteiger partial charge in [-0.25, -0.2) is 0 Å². The Morgan fingerprint density at radius 1 is 1.00 bits per heavy atom. The Morgan fingerprint density at radius 3 is 2.15 bits per heavy atom. The SMILES string of the molecule is Cc1ccc(C(=O)c2c(C)cccc2P(=O)(O)O)cc1. The van der Waals surface area contributed by atoms with E-state index >= 15 is 0 Å². The van der Waals surface area contributed by atoms with Crippen molar-refractivity contribution in [1.82, 2.24) is 0 Å². The topological polar surface area (TPSA) is 74.6 Å². The van der Waals surface area contributed by atoms with Crippen molar-refractivity contribution in [1.29, 1.82) is 0 Å². The van der Waals surface area contributed by atoms with E-state index in [0.717, 1.165) is 5.56 Å². The van der Waals surface area contributed by atoms with Crippen molar-refractivity contribution in [2.75, 3.05) is 0 Å². The minimum absolute atomic E-state index is 0.0877. The quantitative estimate of drug-likeness (QED) is 0.672. The Balaban J connectivity index is 2.60. The first-order valence-corrected chi connectivity index (χ1v) is 7.69. The smallest absolute Gasteiger partial charge is 0.321 e. The molecule has 0 aromatic heterocycles. The Bertz CT molecular complexity index is 698. The number of ketones is 1. The molecular weight excluding hydrogens is 275 g/mol. The van der Waals surface area contributed by atoms with Crippen molar-refractivity contribution < 1.29 is 19.1 Å². The van der Waals surface area contributed by atoms with Crippen molar-refractivity contribution in [3.63, 3.8) is 0 Å². The zero-order valence-electron chi connectivity index (χ0n) is 11.2. The minimum atomic E-state index is -4.49. The van der Waals surface area contributed by atoms with Crippen molar-refractivity contribution in [3.05, 3.63) is 64.7 Å². The zero-order chi connectivity index (χ0) is 14.9. The van der Waals surface area contributed by atoms with Gasteiger partial charge in [0, 0.05) is 11.1 Å². The van der Waals surface area contributed by atoms with Crippen molar-refractivity contribution >= 4 is 18.7 Å². The molecule has 2 aromatic carbocycles. The van der Waals surface area contributed by atoms with Gasteiger partial charge < -0.3 is 9.79 Å². The predicted octanol–water partition coefficient (Wildman–Crippen LogP) is 2.34. The van der Waals surface area contributed by atoms with Gasteiger partial charge in [-0.15, -0.1) is 0 Å². The molecule has 2 aromatic rings. The molecule has 0 aliphatic carbocycles. The maximum Gasteiger partial charge on any atom is 0.356 e. The van der Waals surface area contributed by atoms with Gasteiger partial charge in [0.05, 0.1) is 5.30 Å². The summed E-state index contributed by atoms with van der Waals surface area (Å²) < 4.78 is 11.5. The molecule has 2 rings (SSSR count). The van der Waals surface area contributed by atoms with E-state index in [1.165, 1.54) is 12.1 Å². The Hall–Kier alpha value is -1.74. The largest absolute Gasteiger partial charge is 0.356 e. The van der Waals surface area contributed by atoms with E-state index in [9.17, 15) is 19.1 Å². The van der Waals surface area contributed by atoms with Gasteiger partial charge >= 0.3 is 7.60 Å². The number of aryl methyl sites for hydroxylation is 2. The fourth-order valence-corrected chi connectivity index (χ4v) is 2.89. The van der Waals surface area contributed by atoms with Crippen LogP contribution in [0.5, 0.6) is 0 Å². The minimum Gasteiger partial charge on any atom is -0.321 e. The molecule has 0 amide bonds. The van der Waals surface area contributed by atoms with Gasteiger partial charge in [-0.05, 0) is 25.5 Å². The van der Waals surface area contributed by atoms with E-state index in [1.54, 1.807) is 37.3 Å². The summed E-state index contributed by atoms with van der Waals surface area (Å²) in [5.74, 6) is -0.374. The lowest BCUT2D eigenvalue weighted by Crippen LogP contribution is -2.18. The summed E-state index contributed by atoms with van der Waals surface area (Å²) in [6.07, 6.45) is 0. The average molecular weight is 290 g/mol. The highest BCUT2D eigenvalue weighted by Crippen LogP contribution is 2.36. The van der Waals surface area contributed by atoms with Crippen molar-refractivity contribution in [2.45, 2.75) is 13.8 Å². The number of hydrogen-bond donors (Lipinski definition) is 2. The molecule has 104 valence electrons. The van der Waals surface area contributed by atoms with Crippen molar-refractivity contribution in [3.8, 4) is 0 Å². The third-order valence-corrected chi connectivity index (χ3v) is 4.11. The van der Waals surface area contributed by atoms with Crippen LogP contribution in [0.4, 0.5) is 0 Å². The van der Waals surface area contributed by atoms with Crippen LogP contribution in [0.15, 0.2) is 42.5 Å². The maximum atomic E-state index is 12.5. The monoisotopic (exact) mass is 290 g/mol. The predicted molar refractivity (Wildman–Crippen MR) is 77.5 cm³/mol. The third-order valence-electron chi connectivity index (χ3n) is 3.11. The summed E-state index contributed by atoms with van der Waals surface area (Å²) in [6, 6.07) is 11.4. The molecule has 20 heavy (non-hydrogen) atoms. The Labute approximate surface area is 117 Å². The number of benzene rings is 2. The van der Waals surface area contributed by atoms with E-state index in [2.05, 4.69) is 0 Å². The van der Waals surface area contributed by atoms with Crippen LogP contribution in [0.2, 0.25) is 0 Å². The van der Waals surface area contributed by atoms with Gasteiger partial charge in [0.1, 0.15) is 0 Å². The van der Waals surface area contributed by atoms with Gasteiger partial charge in [-0.2, -0.15) is 0 Å². The molecule has 0 saturated heterocycles. The van der Waals surface area contributed by atoms with Gasteiger partial charge in [-0.3, -0.25) is 9.36 Å². The molecule has 0 fully saturated rings. The van der Waals surface area contributed by atoms with Gasteiger partial charge in [-0.1, -0.05) is 42.0 Å². The lowest BCUT2D eigenvalue weighted by Gasteiger charge is -2.13. The molecule has 0 bridgehead atoms. The first kappa shape index (κ1) is 14.7. The normalized spacial score (nSPS) is 11.4. The second-order valence-corrected chi connectivity index (χ2v) is 6.28. The Morgan fingerprint density at radius 2 is 1.60 bits per heavy atom. The van der Waals surface area contributed by atoms with E-state index in [0.29, 0.717) is 11.1 Å². The maximum absolute atomic E-state index is 12.5. The third kappa shape index (κ3) is 2.88. The second-order valence-electron chi connectivity index (χ2n) is 4.71. The van der Waals surface area contributed by atoms with Gasteiger partial charge in [0.2, 0.25) is 0 Å². The first-order valence-electron chi connectivity index (χ1n) is 6.08. The first-order chi connectivity index (χ1) is 9.30. The van der Waals surface area contributed by atoms with Gasteiger partial charge in [0.15, 0.2) is 5.78 Å². The molecule has 0 unspecified atom stereocenters. The molecule has 0 atom stereocenters. The lowest BCUT2D eigenvalue weighted by atomic mass is 9.98. The highest BCUT2D eigenvalue weighted by atomic mass is 31.2. The van der Waals surface area contributed by atoms with Crippen LogP contribution in [-0.2, 0) is 4.57 Å². The number of carbonyl (C=O) groups is 1. The summed E-state index contributed by atoms with van der Waals surface area (Å²) in [4.78, 5) is 31.3. The highest BCUT2D eigenvalue weighted by molar-refractivity contribution is 7.60. The van der Waals surface area contributed by atoms with Crippen LogP contribution in [-0.4, -0.2) is 15.6 Å². The van der Waals surface area contributed by atoms with Crippen molar-refractivity contribution in [2.24, 2.45) is 0 Å². The molecule has 0 spiro atoms. The summed E-state index contributed by atoms with van der Waals surface area (Å²) >= 11 is 0. The molecule has 4 nitrogen and oxygen atoms in total. The van der Waals surface area contributed by atoms with Crippen LogP contribution in [0.1, 0.15) is 27.0 Å². The molecule has 0 aliphatic heterocycles. The molecule has 5 heteroatoms. The summed E-state index contributed by atoms with van der Waals surface area (Å²) in [5.41, 5.74) is 2.07. The average Bonchev–Trinajstić information content (AvgIpc) is 2.37. The summed E-state index contributed by atoms with van der Waals surface area (Å²) in [6.45, 7) is 3.57. The van der Waals surface area contributed by atoms with Crippen LogP contribution in [0.3, 0.4) is 0 Å². The molecule has 0 aliphatic rings. The Kier molecular flexibility index (Phi) is 3.91. The standard InChI is InChI=1S/C15H15O4P/c1-10-6-8-12(9-7-10)15(16)14-11(2)4-3-5-13(14)20(17,18)19/h3-9H,1-2H3,(H2,17,18,19). The van der Waals surface area contributed by atoms with Crippen LogP contribution in [0, 0.1) is 13.8 Å². The molecule has 2 N–H and O–H groups in total. The van der Waals surface area contributed by atoms with Gasteiger partial charge in [0.25, 0.3) is 0 Å². The van der Waals surface area contributed by atoms with Crippen LogP contribution >= 0.6 is 7.60 Å². The number of hydrogen-bond acceptors (Lipinski definition) is 2. The molecular formula is C15H15O4P. The van der Waals surface area contributed by atoms with E-state index < -0.39 is 7.60 Å². The number of rotatable bonds is 3. The summed E-state index contributed by atoms with van der Waals surface area (Å²) in [7, 11) is -4.49. The van der Waals surface area contributed by atoms with Crippen LogP contribution < -0.4 is 5.30 Å². The summed E-state index contributed by atoms with van der Waals surface area (Å²) in [5, 5.41) is -0.219. The van der Waals surface area contributed by atoms with E-state index in [-0.39, 0.29) is 16.7 Å². The second kappa shape index (κ2) is 5.33. The number of carbonyl (C=O) groups excluding carboxylic acids is 1. The zero-order valence-corrected chi connectivity index (χ0v) is 12.1. The molecule has 0 saturated carbocycles. The highest BCUT2D eigenvalue weighted by Gasteiger charge is 2.26. The van der Waals surface area contributed by atoms with Crippen LogP contribution in [0.25, 0.3) is 0 Å².